The Labute approximate surface area is 319 Å². The van der Waals surface area contributed by atoms with Crippen molar-refractivity contribution in [3.8, 4) is 33.4 Å². The Kier molecular flexibility index (Phi) is 8.44. The second-order valence-corrected chi connectivity index (χ2v) is 37.5. The van der Waals surface area contributed by atoms with E-state index in [1.54, 1.807) is 0 Å². The molecule has 0 amide bonds. The fourth-order valence-corrected chi connectivity index (χ4v) is 38.4. The molecule has 0 N–H and O–H groups in total. The molecule has 0 saturated carbocycles. The van der Waals surface area contributed by atoms with Crippen molar-refractivity contribution in [3.05, 3.63) is 172 Å². The molecule has 52 heavy (non-hydrogen) atoms. The van der Waals surface area contributed by atoms with Gasteiger partial charge in [-0.05, 0) is 0 Å². The molecule has 9 rings (SSSR count). The van der Waals surface area contributed by atoms with E-state index in [2.05, 4.69) is 167 Å². The number of allylic oxidation sites excluding steroid dienone is 2. The van der Waals surface area contributed by atoms with Crippen molar-refractivity contribution in [3.63, 3.8) is 0 Å². The standard InChI is InChI=1S/2C18H17.C12H9Si.2ClH.Zr/c2*1-3-14-11-15-8-6-10-17(18(15)12-14)16-9-5-4-7-13(16)2;1-3-7-11-9(5-1)10-6-2-4-8-12(10)13-11;;;/h2*4-12H,3H2,1-2H3;1-7H,13H2;2*1H;/q;;;;;+2/p-2. The first-order valence-electron chi connectivity index (χ1n) is 18.8. The second kappa shape index (κ2) is 12.8. The topological polar surface area (TPSA) is 0 Å². The van der Waals surface area contributed by atoms with Gasteiger partial charge < -0.3 is 0 Å². The second-order valence-electron chi connectivity index (χ2n) is 15.1. The number of hydrogen-bond donors (Lipinski definition) is 0. The van der Waals surface area contributed by atoms with E-state index in [-0.39, 0.29) is 7.25 Å². The zero-order valence-corrected chi connectivity index (χ0v) is 35.7. The monoisotopic (exact) mass is 807 g/mol. The van der Waals surface area contributed by atoms with E-state index in [9.17, 15) is 0 Å². The zero-order valence-electron chi connectivity index (χ0n) is 30.3. The average molecular weight is 810 g/mol. The SMILES string of the molecule is CCC1=Cc2c(-c3ccccc3C)cccc2[CH]1[Zr]([Cl])([Cl])([c]1cccc2c1[SiH2]c1ccccc1-2)[CH]1C(CC)=Cc2c(-c3ccccc3C)cccc21. The van der Waals surface area contributed by atoms with Gasteiger partial charge in [0.15, 0.2) is 0 Å². The van der Waals surface area contributed by atoms with Crippen LogP contribution in [0, 0.1) is 13.8 Å². The molecule has 0 fully saturated rings. The minimum absolute atomic E-state index is 0.0639. The first-order chi connectivity index (χ1) is 25.2. The van der Waals surface area contributed by atoms with E-state index < -0.39 is 25.9 Å². The Morgan fingerprint density at radius 2 is 0.942 bits per heavy atom. The van der Waals surface area contributed by atoms with Gasteiger partial charge in [-0.1, -0.05) is 0 Å². The number of benzene rings is 6. The number of rotatable bonds is 7. The van der Waals surface area contributed by atoms with Gasteiger partial charge in [0, 0.05) is 0 Å². The molecule has 0 nitrogen and oxygen atoms in total. The van der Waals surface area contributed by atoms with Crippen LogP contribution in [0.1, 0.15) is 67.3 Å². The molecule has 6 aromatic rings. The Bertz CT molecular complexity index is 2380. The third-order valence-electron chi connectivity index (χ3n) is 12.4. The van der Waals surface area contributed by atoms with Crippen LogP contribution < -0.4 is 13.6 Å². The maximum absolute atomic E-state index is 9.14. The van der Waals surface area contributed by atoms with Crippen molar-refractivity contribution in [1.82, 2.24) is 0 Å². The Balaban J connectivity index is 1.36. The van der Waals surface area contributed by atoms with Gasteiger partial charge in [0.2, 0.25) is 0 Å². The molecule has 2 atom stereocenters. The van der Waals surface area contributed by atoms with Crippen molar-refractivity contribution in [2.45, 2.75) is 47.8 Å². The molecule has 0 radical (unpaired) electrons. The summed E-state index contributed by atoms with van der Waals surface area (Å²) in [5.74, 6) is 0. The predicted octanol–water partition coefficient (Wildman–Crippen LogP) is 11.5. The molecule has 257 valence electrons. The van der Waals surface area contributed by atoms with Crippen LogP contribution in [-0.4, -0.2) is 9.52 Å². The molecular weight excluding hydrogens is 767 g/mol. The van der Waals surface area contributed by atoms with Gasteiger partial charge in [0.1, 0.15) is 0 Å². The molecule has 6 aromatic carbocycles. The zero-order chi connectivity index (χ0) is 35.8. The van der Waals surface area contributed by atoms with Crippen LogP contribution in [0.3, 0.4) is 0 Å². The van der Waals surface area contributed by atoms with Crippen molar-refractivity contribution in [1.29, 1.82) is 0 Å². The number of fused-ring (bicyclic) bond motifs is 5. The molecule has 3 aliphatic rings. The minimum atomic E-state index is -5.49. The van der Waals surface area contributed by atoms with Gasteiger partial charge in [-0.2, -0.15) is 0 Å². The summed E-state index contributed by atoms with van der Waals surface area (Å²) in [6.45, 7) is 9.04. The molecule has 1 heterocycles. The van der Waals surface area contributed by atoms with Crippen molar-refractivity contribution in [2.75, 3.05) is 0 Å². The van der Waals surface area contributed by atoms with Crippen molar-refractivity contribution < 1.29 is 16.4 Å². The normalized spacial score (nSPS) is 18.2. The number of hydrogen-bond acceptors (Lipinski definition) is 0. The van der Waals surface area contributed by atoms with E-state index in [1.165, 1.54) is 91.6 Å². The first-order valence-corrected chi connectivity index (χ1v) is 30.6. The maximum atomic E-state index is 9.14. The van der Waals surface area contributed by atoms with Crippen LogP contribution in [0.4, 0.5) is 0 Å². The molecular formula is C48H43Cl2SiZr. The van der Waals surface area contributed by atoms with Crippen LogP contribution in [0.25, 0.3) is 45.5 Å². The number of aryl methyl sites for hydroxylation is 2. The van der Waals surface area contributed by atoms with E-state index in [0.717, 1.165) is 12.8 Å². The number of halogens is 2. The summed E-state index contributed by atoms with van der Waals surface area (Å²) in [4.78, 5) is 0. The molecule has 2 aliphatic carbocycles. The summed E-state index contributed by atoms with van der Waals surface area (Å²) in [5, 5.41) is 2.97. The fraction of sp³-hybridized carbons (Fsp3) is 0.167. The summed E-state index contributed by atoms with van der Waals surface area (Å²) in [6.07, 6.45) is 6.75. The quantitative estimate of drug-likeness (QED) is 0.141. The van der Waals surface area contributed by atoms with E-state index in [0.29, 0.717) is 0 Å². The van der Waals surface area contributed by atoms with Crippen LogP contribution >= 0.6 is 17.0 Å². The van der Waals surface area contributed by atoms with E-state index in [4.69, 9.17) is 17.0 Å². The van der Waals surface area contributed by atoms with Gasteiger partial charge in [0.05, 0.1) is 0 Å². The molecule has 0 saturated heterocycles. The van der Waals surface area contributed by atoms with Gasteiger partial charge in [-0.3, -0.25) is 0 Å². The summed E-state index contributed by atoms with van der Waals surface area (Å²) < 4.78 is 1.17. The Morgan fingerprint density at radius 1 is 0.500 bits per heavy atom. The summed E-state index contributed by atoms with van der Waals surface area (Å²) in [5.41, 5.74) is 18.3. The van der Waals surface area contributed by atoms with Crippen LogP contribution in [0.5, 0.6) is 0 Å². The molecule has 0 bridgehead atoms. The van der Waals surface area contributed by atoms with Gasteiger partial charge in [-0.25, -0.2) is 0 Å². The average Bonchev–Trinajstić information content (AvgIpc) is 3.87. The third-order valence-corrected chi connectivity index (χ3v) is 35.2. The Hall–Kier alpha value is -3.52. The van der Waals surface area contributed by atoms with Gasteiger partial charge in [0.25, 0.3) is 0 Å². The van der Waals surface area contributed by atoms with Crippen LogP contribution in [-0.2, 0) is 16.4 Å². The van der Waals surface area contributed by atoms with Gasteiger partial charge in [-0.15, -0.1) is 0 Å². The van der Waals surface area contributed by atoms with Crippen molar-refractivity contribution >= 4 is 52.3 Å². The Morgan fingerprint density at radius 3 is 1.46 bits per heavy atom. The van der Waals surface area contributed by atoms with Crippen LogP contribution in [0.2, 0.25) is 0 Å². The van der Waals surface area contributed by atoms with Crippen molar-refractivity contribution in [2.24, 2.45) is 0 Å². The molecule has 4 heteroatoms. The summed E-state index contributed by atoms with van der Waals surface area (Å²) in [7, 11) is 17.5. The fourth-order valence-electron chi connectivity index (χ4n) is 10.1. The van der Waals surface area contributed by atoms with Crippen LogP contribution in [0.15, 0.2) is 139 Å². The van der Waals surface area contributed by atoms with E-state index >= 15 is 0 Å². The summed E-state index contributed by atoms with van der Waals surface area (Å²) in [6, 6.07) is 47.3. The van der Waals surface area contributed by atoms with Gasteiger partial charge >= 0.3 is 322 Å². The molecule has 2 unspecified atom stereocenters. The first kappa shape index (κ1) is 34.3. The third kappa shape index (κ3) is 4.94. The predicted molar refractivity (Wildman–Crippen MR) is 226 cm³/mol. The molecule has 1 aliphatic heterocycles. The molecule has 0 spiro atoms. The molecule has 0 aromatic heterocycles. The summed E-state index contributed by atoms with van der Waals surface area (Å²) >= 11 is -5.49. The van der Waals surface area contributed by atoms with E-state index in [1.807, 2.05) is 0 Å².